The van der Waals surface area contributed by atoms with Crippen molar-refractivity contribution in [2.24, 2.45) is 5.92 Å². The molecular formula is C11H21N3OS. The summed E-state index contributed by atoms with van der Waals surface area (Å²) in [5.41, 5.74) is 0. The molecule has 2 saturated heterocycles. The molecule has 1 N–H and O–H groups in total. The van der Waals surface area contributed by atoms with Crippen LogP contribution in [0.2, 0.25) is 0 Å². The van der Waals surface area contributed by atoms with Crippen LogP contribution in [0.25, 0.3) is 0 Å². The summed E-state index contributed by atoms with van der Waals surface area (Å²) in [6, 6.07) is 0. The lowest BCUT2D eigenvalue weighted by atomic mass is 10.1. The van der Waals surface area contributed by atoms with Gasteiger partial charge in [-0.15, -0.1) is 0 Å². The summed E-state index contributed by atoms with van der Waals surface area (Å²) >= 11 is 1.79. The van der Waals surface area contributed by atoms with Gasteiger partial charge in [0.1, 0.15) is 0 Å². The molecular weight excluding hydrogens is 222 g/mol. The fourth-order valence-electron chi connectivity index (χ4n) is 1.93. The number of hydrogen-bond donors (Lipinski definition) is 1. The molecule has 2 fully saturated rings. The molecule has 0 aromatic carbocycles. The lowest BCUT2D eigenvalue weighted by Crippen LogP contribution is -2.48. The average Bonchev–Trinajstić information content (AvgIpc) is 2.22. The van der Waals surface area contributed by atoms with E-state index in [0.717, 1.165) is 50.9 Å². The lowest BCUT2D eigenvalue weighted by molar-refractivity contribution is -0.129. The summed E-state index contributed by atoms with van der Waals surface area (Å²) in [6.45, 7) is 6.11. The van der Waals surface area contributed by atoms with E-state index in [9.17, 15) is 4.79 Å². The summed E-state index contributed by atoms with van der Waals surface area (Å²) in [5.74, 6) is 2.92. The van der Waals surface area contributed by atoms with Crippen molar-refractivity contribution in [2.45, 2.75) is 0 Å². The predicted molar refractivity (Wildman–Crippen MR) is 67.8 cm³/mol. The number of carbonyl (C=O) groups is 1. The molecule has 4 nitrogen and oxygen atoms in total. The van der Waals surface area contributed by atoms with Gasteiger partial charge in [-0.25, -0.2) is 0 Å². The number of likely N-dealkylation sites (N-methyl/N-ethyl adjacent to an activating group) is 1. The number of carbonyl (C=O) groups excluding carboxylic acids is 1. The van der Waals surface area contributed by atoms with Crippen LogP contribution in [-0.2, 0) is 4.79 Å². The van der Waals surface area contributed by atoms with Gasteiger partial charge in [0.2, 0.25) is 5.91 Å². The summed E-state index contributed by atoms with van der Waals surface area (Å²) in [6.07, 6.45) is 0. The van der Waals surface area contributed by atoms with Crippen LogP contribution in [-0.4, -0.2) is 73.5 Å². The van der Waals surface area contributed by atoms with Gasteiger partial charge in [0, 0.05) is 26.2 Å². The maximum atomic E-state index is 11.9. The molecule has 92 valence electrons. The molecule has 2 aliphatic heterocycles. The third-order valence-corrected chi connectivity index (χ3v) is 4.46. The van der Waals surface area contributed by atoms with Crippen molar-refractivity contribution in [3.05, 3.63) is 0 Å². The average molecular weight is 243 g/mol. The summed E-state index contributed by atoms with van der Waals surface area (Å²) in [4.78, 5) is 16.1. The van der Waals surface area contributed by atoms with E-state index in [-0.39, 0.29) is 0 Å². The first-order valence-corrected chi connectivity index (χ1v) is 7.16. The van der Waals surface area contributed by atoms with Crippen molar-refractivity contribution in [2.75, 3.05) is 57.8 Å². The van der Waals surface area contributed by atoms with E-state index < -0.39 is 0 Å². The normalized spacial score (nSPS) is 23.2. The second-order valence-corrected chi connectivity index (χ2v) is 5.75. The zero-order valence-corrected chi connectivity index (χ0v) is 10.8. The van der Waals surface area contributed by atoms with Crippen molar-refractivity contribution in [1.29, 1.82) is 0 Å². The van der Waals surface area contributed by atoms with E-state index in [1.165, 1.54) is 0 Å². The molecule has 0 aromatic heterocycles. The maximum absolute atomic E-state index is 11.9. The number of amides is 1. The Morgan fingerprint density at radius 1 is 1.31 bits per heavy atom. The van der Waals surface area contributed by atoms with Gasteiger partial charge in [0.05, 0.1) is 5.75 Å². The van der Waals surface area contributed by atoms with Crippen molar-refractivity contribution >= 4 is 17.7 Å². The van der Waals surface area contributed by atoms with Crippen LogP contribution in [0.1, 0.15) is 0 Å². The largest absolute Gasteiger partial charge is 0.339 e. The molecule has 0 radical (unpaired) electrons. The van der Waals surface area contributed by atoms with Gasteiger partial charge < -0.3 is 15.1 Å². The number of nitrogens with zero attached hydrogens (tertiary/aromatic N) is 2. The summed E-state index contributed by atoms with van der Waals surface area (Å²) < 4.78 is 0. The van der Waals surface area contributed by atoms with Gasteiger partial charge in [-0.3, -0.25) is 4.79 Å². The molecule has 2 aliphatic rings. The molecule has 0 saturated carbocycles. The van der Waals surface area contributed by atoms with Gasteiger partial charge in [-0.1, -0.05) is 0 Å². The minimum absolute atomic E-state index is 0.324. The Morgan fingerprint density at radius 3 is 2.56 bits per heavy atom. The smallest absolute Gasteiger partial charge is 0.232 e. The lowest BCUT2D eigenvalue weighted by Gasteiger charge is -2.32. The Balaban J connectivity index is 1.59. The van der Waals surface area contributed by atoms with Crippen molar-refractivity contribution in [1.82, 2.24) is 15.1 Å². The molecule has 2 rings (SSSR count). The van der Waals surface area contributed by atoms with Crippen molar-refractivity contribution < 1.29 is 4.79 Å². The zero-order valence-electron chi connectivity index (χ0n) is 9.95. The van der Waals surface area contributed by atoms with E-state index in [1.54, 1.807) is 11.8 Å². The molecule has 0 atom stereocenters. The Kier molecular flexibility index (Phi) is 4.49. The molecule has 5 heteroatoms. The van der Waals surface area contributed by atoms with E-state index in [1.807, 2.05) is 4.90 Å². The van der Waals surface area contributed by atoms with E-state index in [0.29, 0.717) is 11.7 Å². The highest BCUT2D eigenvalue weighted by molar-refractivity contribution is 7.99. The molecule has 0 spiro atoms. The molecule has 0 unspecified atom stereocenters. The van der Waals surface area contributed by atoms with Gasteiger partial charge in [-0.2, -0.15) is 11.8 Å². The van der Waals surface area contributed by atoms with Gasteiger partial charge >= 0.3 is 0 Å². The van der Waals surface area contributed by atoms with Crippen LogP contribution < -0.4 is 5.32 Å². The van der Waals surface area contributed by atoms with Gasteiger partial charge in [0.25, 0.3) is 0 Å². The fraction of sp³-hybridized carbons (Fsp3) is 0.909. The van der Waals surface area contributed by atoms with Crippen LogP contribution >= 0.6 is 11.8 Å². The van der Waals surface area contributed by atoms with Crippen molar-refractivity contribution in [3.63, 3.8) is 0 Å². The topological polar surface area (TPSA) is 35.6 Å². The molecule has 0 bridgehead atoms. The first-order chi connectivity index (χ1) is 7.75. The highest BCUT2D eigenvalue weighted by atomic mass is 32.2. The first-order valence-electron chi connectivity index (χ1n) is 6.00. The molecule has 0 aromatic rings. The monoisotopic (exact) mass is 243 g/mol. The standard InChI is InChI=1S/C11H21N3OS/c1-13-2-4-14(5-3-13)11(15)9-16-8-10-6-12-7-10/h10,12H,2-9H2,1H3. The second-order valence-electron chi connectivity index (χ2n) is 4.72. The number of thioether (sulfide) groups is 1. The number of hydrogen-bond acceptors (Lipinski definition) is 4. The number of piperazine rings is 1. The van der Waals surface area contributed by atoms with Crippen LogP contribution in [0.5, 0.6) is 0 Å². The summed E-state index contributed by atoms with van der Waals surface area (Å²) in [5, 5.41) is 3.25. The van der Waals surface area contributed by atoms with E-state index >= 15 is 0 Å². The Morgan fingerprint density at radius 2 is 2.00 bits per heavy atom. The summed E-state index contributed by atoms with van der Waals surface area (Å²) in [7, 11) is 2.11. The molecule has 16 heavy (non-hydrogen) atoms. The van der Waals surface area contributed by atoms with E-state index in [2.05, 4.69) is 17.3 Å². The molecule has 1 amide bonds. The van der Waals surface area contributed by atoms with Crippen LogP contribution in [0, 0.1) is 5.92 Å². The quantitative estimate of drug-likeness (QED) is 0.736. The fourth-order valence-corrected chi connectivity index (χ4v) is 2.97. The third-order valence-electron chi connectivity index (χ3n) is 3.30. The Hall–Kier alpha value is -0.260. The van der Waals surface area contributed by atoms with Crippen LogP contribution in [0.4, 0.5) is 0 Å². The number of nitrogens with one attached hydrogen (secondary N) is 1. The second kappa shape index (κ2) is 5.89. The third kappa shape index (κ3) is 3.37. The molecule has 2 heterocycles. The predicted octanol–water partition coefficient (Wildman–Crippen LogP) is -0.287. The number of rotatable bonds is 4. The Labute approximate surface area is 102 Å². The Bertz CT molecular complexity index is 237. The maximum Gasteiger partial charge on any atom is 0.232 e. The first kappa shape index (κ1) is 12.2. The zero-order chi connectivity index (χ0) is 11.4. The molecule has 0 aliphatic carbocycles. The van der Waals surface area contributed by atoms with Crippen LogP contribution in [0.3, 0.4) is 0 Å². The van der Waals surface area contributed by atoms with Crippen molar-refractivity contribution in [3.8, 4) is 0 Å². The minimum Gasteiger partial charge on any atom is -0.339 e. The minimum atomic E-state index is 0.324. The highest BCUT2D eigenvalue weighted by Gasteiger charge is 2.20. The van der Waals surface area contributed by atoms with E-state index in [4.69, 9.17) is 0 Å². The van der Waals surface area contributed by atoms with Crippen LogP contribution in [0.15, 0.2) is 0 Å². The highest BCUT2D eigenvalue weighted by Crippen LogP contribution is 2.13. The van der Waals surface area contributed by atoms with Gasteiger partial charge in [-0.05, 0) is 31.8 Å². The SMILES string of the molecule is CN1CCN(C(=O)CSCC2CNC2)CC1. The van der Waals surface area contributed by atoms with Gasteiger partial charge in [0.15, 0.2) is 0 Å².